The minimum Gasteiger partial charge on any atom is -0.353 e. The lowest BCUT2D eigenvalue weighted by Gasteiger charge is -2.36. The highest BCUT2D eigenvalue weighted by Crippen LogP contribution is 2.26. The third kappa shape index (κ3) is 3.58. The molecule has 0 spiro atoms. The molecule has 1 atom stereocenters. The Balaban J connectivity index is 2.24. The maximum absolute atomic E-state index is 4.70. The van der Waals surface area contributed by atoms with Gasteiger partial charge in [-0.15, -0.1) is 0 Å². The molecule has 4 nitrogen and oxygen atoms in total. The van der Waals surface area contributed by atoms with Crippen LogP contribution in [0.4, 0.5) is 11.8 Å². The number of hydrogen-bond donors (Lipinski definition) is 1. The highest BCUT2D eigenvalue weighted by atomic mass is 15.3. The second-order valence-corrected chi connectivity index (χ2v) is 5.74. The van der Waals surface area contributed by atoms with Crippen LogP contribution in [0, 0.1) is 6.92 Å². The molecule has 0 saturated carbocycles. The maximum Gasteiger partial charge on any atom is 0.225 e. The maximum atomic E-state index is 4.70. The fraction of sp³-hybridized carbons (Fsp3) is 0.733. The largest absolute Gasteiger partial charge is 0.353 e. The summed E-state index contributed by atoms with van der Waals surface area (Å²) in [5, 5.41) is 3.31. The second-order valence-electron chi connectivity index (χ2n) is 5.74. The molecule has 1 aliphatic heterocycles. The number of hydrogen-bond acceptors (Lipinski definition) is 4. The first-order valence-corrected chi connectivity index (χ1v) is 7.49. The number of piperidine rings is 1. The van der Waals surface area contributed by atoms with E-state index >= 15 is 0 Å². The van der Waals surface area contributed by atoms with Gasteiger partial charge in [-0.25, -0.2) is 4.98 Å². The highest BCUT2D eigenvalue weighted by Gasteiger charge is 2.22. The summed E-state index contributed by atoms with van der Waals surface area (Å²) in [4.78, 5) is 11.6. The number of aromatic nitrogens is 2. The zero-order chi connectivity index (χ0) is 13.8. The standard InChI is InChI=1S/C15H26N4/c1-5-13-8-6-7-9-19(13)14-10-12(4)17-15(18-14)16-11(2)3/h10-11,13H,5-9H2,1-4H3,(H,16,17,18). The van der Waals surface area contributed by atoms with Crippen LogP contribution in [-0.4, -0.2) is 28.6 Å². The van der Waals surface area contributed by atoms with E-state index in [4.69, 9.17) is 4.98 Å². The Morgan fingerprint density at radius 2 is 2.16 bits per heavy atom. The fourth-order valence-corrected chi connectivity index (χ4v) is 2.75. The predicted molar refractivity (Wildman–Crippen MR) is 80.8 cm³/mol. The molecule has 19 heavy (non-hydrogen) atoms. The predicted octanol–water partition coefficient (Wildman–Crippen LogP) is 3.37. The van der Waals surface area contributed by atoms with E-state index in [9.17, 15) is 0 Å². The Morgan fingerprint density at radius 3 is 2.84 bits per heavy atom. The van der Waals surface area contributed by atoms with Crippen molar-refractivity contribution in [3.05, 3.63) is 11.8 Å². The summed E-state index contributed by atoms with van der Waals surface area (Å²) >= 11 is 0. The van der Waals surface area contributed by atoms with Gasteiger partial charge >= 0.3 is 0 Å². The average molecular weight is 262 g/mol. The average Bonchev–Trinajstić information content (AvgIpc) is 2.37. The molecule has 0 aliphatic carbocycles. The molecule has 1 N–H and O–H groups in total. The van der Waals surface area contributed by atoms with Gasteiger partial charge in [0.15, 0.2) is 0 Å². The summed E-state index contributed by atoms with van der Waals surface area (Å²) in [6.07, 6.45) is 5.09. The smallest absolute Gasteiger partial charge is 0.225 e. The van der Waals surface area contributed by atoms with E-state index in [0.717, 1.165) is 24.0 Å². The van der Waals surface area contributed by atoms with E-state index in [2.05, 4.69) is 42.0 Å². The monoisotopic (exact) mass is 262 g/mol. The van der Waals surface area contributed by atoms with Crippen molar-refractivity contribution in [2.24, 2.45) is 0 Å². The van der Waals surface area contributed by atoms with Crippen LogP contribution in [0.3, 0.4) is 0 Å². The summed E-state index contributed by atoms with van der Waals surface area (Å²) < 4.78 is 0. The molecule has 1 aromatic rings. The number of nitrogens with one attached hydrogen (secondary N) is 1. The minimum absolute atomic E-state index is 0.359. The fourth-order valence-electron chi connectivity index (χ4n) is 2.75. The molecule has 2 heterocycles. The lowest BCUT2D eigenvalue weighted by atomic mass is 10.00. The van der Waals surface area contributed by atoms with Gasteiger partial charge in [0, 0.05) is 30.4 Å². The van der Waals surface area contributed by atoms with Crippen LogP contribution in [0.5, 0.6) is 0 Å². The molecule has 0 bridgehead atoms. The van der Waals surface area contributed by atoms with E-state index in [1.807, 2.05) is 6.92 Å². The summed E-state index contributed by atoms with van der Waals surface area (Å²) in [6, 6.07) is 3.10. The van der Waals surface area contributed by atoms with Crippen molar-refractivity contribution in [2.45, 2.75) is 65.5 Å². The zero-order valence-electron chi connectivity index (χ0n) is 12.6. The first-order valence-electron chi connectivity index (χ1n) is 7.49. The molecule has 0 radical (unpaired) electrons. The van der Waals surface area contributed by atoms with Gasteiger partial charge in [-0.05, 0) is 46.5 Å². The van der Waals surface area contributed by atoms with Crippen molar-refractivity contribution in [3.63, 3.8) is 0 Å². The molecule has 2 rings (SSSR count). The Kier molecular flexibility index (Phi) is 4.61. The van der Waals surface area contributed by atoms with Crippen LogP contribution in [0.1, 0.15) is 52.1 Å². The van der Waals surface area contributed by atoms with Crippen molar-refractivity contribution in [3.8, 4) is 0 Å². The molecule has 106 valence electrons. The molecule has 0 aromatic carbocycles. The lowest BCUT2D eigenvalue weighted by Crippen LogP contribution is -2.39. The van der Waals surface area contributed by atoms with E-state index in [-0.39, 0.29) is 0 Å². The Labute approximate surface area is 116 Å². The van der Waals surface area contributed by atoms with E-state index < -0.39 is 0 Å². The van der Waals surface area contributed by atoms with Gasteiger partial charge in [0.2, 0.25) is 5.95 Å². The first-order chi connectivity index (χ1) is 9.10. The van der Waals surface area contributed by atoms with Gasteiger partial charge in [-0.2, -0.15) is 4.98 Å². The molecule has 1 aliphatic rings. The van der Waals surface area contributed by atoms with Crippen molar-refractivity contribution < 1.29 is 0 Å². The molecular weight excluding hydrogens is 236 g/mol. The van der Waals surface area contributed by atoms with Gasteiger partial charge in [0.25, 0.3) is 0 Å². The van der Waals surface area contributed by atoms with Gasteiger partial charge in [0.1, 0.15) is 5.82 Å². The van der Waals surface area contributed by atoms with Crippen molar-refractivity contribution >= 4 is 11.8 Å². The van der Waals surface area contributed by atoms with Gasteiger partial charge in [0.05, 0.1) is 0 Å². The molecule has 1 saturated heterocycles. The van der Waals surface area contributed by atoms with E-state index in [0.29, 0.717) is 12.1 Å². The molecule has 1 unspecified atom stereocenters. The number of aryl methyl sites for hydroxylation is 1. The summed E-state index contributed by atoms with van der Waals surface area (Å²) in [5.74, 6) is 1.84. The second kappa shape index (κ2) is 6.22. The van der Waals surface area contributed by atoms with Crippen molar-refractivity contribution in [1.82, 2.24) is 9.97 Å². The first kappa shape index (κ1) is 14.1. The molecular formula is C15H26N4. The van der Waals surface area contributed by atoms with Crippen LogP contribution in [0.25, 0.3) is 0 Å². The number of anilines is 2. The highest BCUT2D eigenvalue weighted by molar-refractivity contribution is 5.46. The van der Waals surface area contributed by atoms with E-state index in [1.54, 1.807) is 0 Å². The van der Waals surface area contributed by atoms with Crippen LogP contribution >= 0.6 is 0 Å². The minimum atomic E-state index is 0.359. The summed E-state index contributed by atoms with van der Waals surface area (Å²) in [6.45, 7) is 9.66. The number of nitrogens with zero attached hydrogens (tertiary/aromatic N) is 3. The summed E-state index contributed by atoms with van der Waals surface area (Å²) in [7, 11) is 0. The SMILES string of the molecule is CCC1CCCCN1c1cc(C)nc(NC(C)C)n1. The molecule has 1 aromatic heterocycles. The van der Waals surface area contributed by atoms with Gasteiger partial charge in [-0.3, -0.25) is 0 Å². The third-order valence-electron chi connectivity index (χ3n) is 3.65. The third-order valence-corrected chi connectivity index (χ3v) is 3.65. The zero-order valence-corrected chi connectivity index (χ0v) is 12.6. The Bertz CT molecular complexity index is 417. The van der Waals surface area contributed by atoms with E-state index in [1.165, 1.54) is 25.7 Å². The Morgan fingerprint density at radius 1 is 1.37 bits per heavy atom. The molecule has 0 amide bonds. The number of rotatable bonds is 4. The van der Waals surface area contributed by atoms with Crippen LogP contribution < -0.4 is 10.2 Å². The van der Waals surface area contributed by atoms with Gasteiger partial charge < -0.3 is 10.2 Å². The van der Waals surface area contributed by atoms with Crippen LogP contribution in [0.2, 0.25) is 0 Å². The topological polar surface area (TPSA) is 41.1 Å². The van der Waals surface area contributed by atoms with Gasteiger partial charge in [-0.1, -0.05) is 6.92 Å². The summed E-state index contributed by atoms with van der Waals surface area (Å²) in [5.41, 5.74) is 1.04. The lowest BCUT2D eigenvalue weighted by molar-refractivity contribution is 0.446. The van der Waals surface area contributed by atoms with Crippen molar-refractivity contribution in [2.75, 3.05) is 16.8 Å². The normalized spacial score (nSPS) is 19.8. The molecule has 4 heteroatoms. The quantitative estimate of drug-likeness (QED) is 0.903. The van der Waals surface area contributed by atoms with Crippen LogP contribution in [0.15, 0.2) is 6.07 Å². The van der Waals surface area contributed by atoms with Crippen molar-refractivity contribution in [1.29, 1.82) is 0 Å². The molecule has 1 fully saturated rings. The Hall–Kier alpha value is -1.32. The van der Waals surface area contributed by atoms with Crippen LogP contribution in [-0.2, 0) is 0 Å².